The fourth-order valence-electron chi connectivity index (χ4n) is 0.664. The molecule has 0 spiro atoms. The normalized spacial score (nSPS) is 10.2. The van der Waals surface area contributed by atoms with Crippen molar-refractivity contribution in [3.63, 3.8) is 0 Å². The van der Waals surface area contributed by atoms with Gasteiger partial charge in [0.1, 0.15) is 0 Å². The Balaban J connectivity index is 2.87. The molecule has 0 fully saturated rings. The van der Waals surface area contributed by atoms with E-state index in [1.807, 2.05) is 0 Å². The molecule has 13 heavy (non-hydrogen) atoms. The molecule has 70 valence electrons. The van der Waals surface area contributed by atoms with E-state index in [0.29, 0.717) is 16.4 Å². The highest BCUT2D eigenvalue weighted by atomic mass is 35.5. The van der Waals surface area contributed by atoms with Gasteiger partial charge >= 0.3 is 0 Å². The van der Waals surface area contributed by atoms with E-state index in [2.05, 4.69) is 15.9 Å². The smallest absolute Gasteiger partial charge is 0.227 e. The van der Waals surface area contributed by atoms with Crippen LogP contribution in [0.3, 0.4) is 0 Å². The molecule has 6 nitrogen and oxygen atoms in total. The number of hydrogen-bond acceptors (Lipinski definition) is 4. The van der Waals surface area contributed by atoms with Gasteiger partial charge in [0.05, 0.1) is 5.02 Å². The second-order valence-electron chi connectivity index (χ2n) is 1.84. The summed E-state index contributed by atoms with van der Waals surface area (Å²) in [4.78, 5) is 10.2. The largest absolute Gasteiger partial charge is 0.303 e. The third kappa shape index (κ3) is 2.30. The second kappa shape index (κ2) is 4.63. The van der Waals surface area contributed by atoms with Gasteiger partial charge in [-0.2, -0.15) is 0 Å². The van der Waals surface area contributed by atoms with Gasteiger partial charge in [0.25, 0.3) is 0 Å². The van der Waals surface area contributed by atoms with Crippen LogP contribution in [0.5, 0.6) is 0 Å². The molecule has 0 aliphatic carbocycles. The quantitative estimate of drug-likeness (QED) is 0.344. The Morgan fingerprint density at radius 2 is 2.54 bits per heavy atom. The van der Waals surface area contributed by atoms with Crippen LogP contribution in [0, 0.1) is 0 Å². The van der Waals surface area contributed by atoms with Crippen LogP contribution in [0.25, 0.3) is 0 Å². The summed E-state index contributed by atoms with van der Waals surface area (Å²) in [5.74, 6) is 4.84. The summed E-state index contributed by atoms with van der Waals surface area (Å²) in [7, 11) is 0. The molecule has 1 amide bonds. The number of nitrogens with one attached hydrogen (secondary N) is 1. The number of thiophene rings is 1. The first-order valence-electron chi connectivity index (χ1n) is 3.13. The van der Waals surface area contributed by atoms with E-state index in [1.165, 1.54) is 11.3 Å². The lowest BCUT2D eigenvalue weighted by atomic mass is 10.6. The van der Waals surface area contributed by atoms with Crippen LogP contribution in [0.15, 0.2) is 21.9 Å². The number of anilines is 1. The number of rotatable bonds is 4. The van der Waals surface area contributed by atoms with Gasteiger partial charge in [-0.25, -0.2) is 5.43 Å². The van der Waals surface area contributed by atoms with Crippen molar-refractivity contribution in [2.45, 2.75) is 0 Å². The summed E-state index contributed by atoms with van der Waals surface area (Å²) in [6, 6.07) is 1.67. The van der Waals surface area contributed by atoms with Crippen molar-refractivity contribution in [2.75, 3.05) is 5.12 Å². The zero-order valence-corrected chi connectivity index (χ0v) is 7.92. The molecule has 1 aromatic heterocycles. The van der Waals surface area contributed by atoms with Gasteiger partial charge in [0.15, 0.2) is 5.00 Å². The van der Waals surface area contributed by atoms with Crippen molar-refractivity contribution in [2.24, 2.45) is 16.3 Å². The predicted molar refractivity (Wildman–Crippen MR) is 50.1 cm³/mol. The molecule has 0 aliphatic heterocycles. The molecule has 0 saturated heterocycles. The van der Waals surface area contributed by atoms with Gasteiger partial charge in [-0.05, 0) is 16.7 Å². The molecule has 1 heterocycles. The minimum absolute atomic E-state index is 0.449. The van der Waals surface area contributed by atoms with Crippen molar-refractivity contribution < 1.29 is 4.79 Å². The Labute approximate surface area is 82.9 Å². The zero-order valence-electron chi connectivity index (χ0n) is 6.35. The molecule has 0 aromatic carbocycles. The number of hydrazine groups is 1. The second-order valence-corrected chi connectivity index (χ2v) is 3.14. The molecule has 8 heteroatoms. The lowest BCUT2D eigenvalue weighted by Gasteiger charge is -2.12. The van der Waals surface area contributed by atoms with Crippen LogP contribution in [0.4, 0.5) is 5.00 Å². The highest BCUT2D eigenvalue weighted by Crippen LogP contribution is 2.30. The first-order valence-corrected chi connectivity index (χ1v) is 4.39. The Bertz CT molecular complexity index is 314. The van der Waals surface area contributed by atoms with Gasteiger partial charge in [-0.1, -0.05) is 16.8 Å². The Hall–Kier alpha value is -1.34. The summed E-state index contributed by atoms with van der Waals surface area (Å²) < 4.78 is 0. The topological polar surface area (TPSA) is 83.1 Å². The number of nitrogens with zero attached hydrogens (tertiary/aromatic N) is 3. The lowest BCUT2D eigenvalue weighted by molar-refractivity contribution is -0.109. The molecule has 1 rings (SSSR count). The molecule has 0 saturated carbocycles. The summed E-state index contributed by atoms with van der Waals surface area (Å²) >= 11 is 7.08. The summed E-state index contributed by atoms with van der Waals surface area (Å²) in [5.41, 5.74) is 2.27. The maximum Gasteiger partial charge on any atom is 0.227 e. The molecule has 0 radical (unpaired) electrons. The maximum atomic E-state index is 10.2. The number of carbonyl (C=O) groups is 1. The third-order valence-corrected chi connectivity index (χ3v) is 2.41. The highest BCUT2D eigenvalue weighted by Gasteiger charge is 2.10. The molecule has 0 bridgehead atoms. The molecular weight excluding hydrogens is 214 g/mol. The molecule has 1 aromatic rings. The van der Waals surface area contributed by atoms with E-state index in [4.69, 9.17) is 17.4 Å². The average Bonchev–Trinajstić information content (AvgIpc) is 2.51. The first kappa shape index (κ1) is 9.75. The van der Waals surface area contributed by atoms with Crippen LogP contribution >= 0.6 is 22.9 Å². The lowest BCUT2D eigenvalue weighted by Crippen LogP contribution is -2.31. The van der Waals surface area contributed by atoms with E-state index < -0.39 is 0 Å². The van der Waals surface area contributed by atoms with Crippen LogP contribution < -0.4 is 16.4 Å². The molecule has 0 atom stereocenters. The van der Waals surface area contributed by atoms with Gasteiger partial charge in [0.2, 0.25) is 6.41 Å². The van der Waals surface area contributed by atoms with Crippen LogP contribution in [-0.4, -0.2) is 6.41 Å². The standard InChI is InChI=1S/C5H6ClN5OS/c6-4-1-2-13-5(4)11(8-3-12)10-9-7/h1-3H,(H2,7,10)(H,8,12). The van der Waals surface area contributed by atoms with Crippen LogP contribution in [-0.2, 0) is 4.79 Å². The monoisotopic (exact) mass is 219 g/mol. The van der Waals surface area contributed by atoms with Crippen molar-refractivity contribution in [1.29, 1.82) is 0 Å². The van der Waals surface area contributed by atoms with Crippen molar-refractivity contribution in [3.05, 3.63) is 16.5 Å². The Morgan fingerprint density at radius 1 is 1.77 bits per heavy atom. The Morgan fingerprint density at radius 3 is 3.00 bits per heavy atom. The average molecular weight is 220 g/mol. The zero-order chi connectivity index (χ0) is 9.68. The number of halogens is 1. The van der Waals surface area contributed by atoms with Gasteiger partial charge in [0, 0.05) is 0 Å². The molecular formula is C5H6ClN5OS. The minimum atomic E-state index is 0.449. The van der Waals surface area contributed by atoms with Gasteiger partial charge < -0.3 is 5.84 Å². The van der Waals surface area contributed by atoms with Gasteiger partial charge in [-0.3, -0.25) is 4.79 Å². The molecule has 0 unspecified atom stereocenters. The van der Waals surface area contributed by atoms with E-state index in [9.17, 15) is 4.79 Å². The third-order valence-electron chi connectivity index (χ3n) is 1.11. The SMILES string of the molecule is N/N=N\N(NC=O)c1sccc1Cl. The maximum absolute atomic E-state index is 10.2. The highest BCUT2D eigenvalue weighted by molar-refractivity contribution is 7.14. The van der Waals surface area contributed by atoms with Crippen molar-refractivity contribution in [3.8, 4) is 0 Å². The van der Waals surface area contributed by atoms with E-state index in [0.717, 1.165) is 5.12 Å². The summed E-state index contributed by atoms with van der Waals surface area (Å²) in [5, 5.41) is 10.3. The number of hydrogen-bond donors (Lipinski definition) is 2. The molecule has 0 aliphatic rings. The minimum Gasteiger partial charge on any atom is -0.303 e. The van der Waals surface area contributed by atoms with E-state index in [1.54, 1.807) is 11.4 Å². The number of amides is 1. The van der Waals surface area contributed by atoms with Crippen molar-refractivity contribution in [1.82, 2.24) is 5.43 Å². The van der Waals surface area contributed by atoms with Crippen LogP contribution in [0.1, 0.15) is 0 Å². The van der Waals surface area contributed by atoms with Crippen LogP contribution in [0.2, 0.25) is 5.02 Å². The molecule has 3 N–H and O–H groups in total. The van der Waals surface area contributed by atoms with Gasteiger partial charge in [-0.15, -0.1) is 16.5 Å². The fourth-order valence-corrected chi connectivity index (χ4v) is 1.72. The van der Waals surface area contributed by atoms with E-state index in [-0.39, 0.29) is 0 Å². The van der Waals surface area contributed by atoms with E-state index >= 15 is 0 Å². The Kier molecular flexibility index (Phi) is 3.47. The summed E-state index contributed by atoms with van der Waals surface area (Å²) in [6.45, 7) is 0. The first-order chi connectivity index (χ1) is 6.29. The number of carbonyl (C=O) groups excluding carboxylic acids is 1. The van der Waals surface area contributed by atoms with Crippen molar-refractivity contribution >= 4 is 34.3 Å². The predicted octanol–water partition coefficient (Wildman–Crippen LogP) is 1.11. The summed E-state index contributed by atoms with van der Waals surface area (Å²) in [6.07, 6.45) is 0.449. The fraction of sp³-hybridized carbons (Fsp3) is 0. The number of nitrogens with two attached hydrogens (primary N) is 1.